The number of hydrogen-bond acceptors (Lipinski definition) is 2. The molecule has 0 bridgehead atoms. The van der Waals surface area contributed by atoms with Gasteiger partial charge in [-0.1, -0.05) is 37.3 Å². The van der Waals surface area contributed by atoms with Gasteiger partial charge in [0.2, 0.25) is 0 Å². The lowest BCUT2D eigenvalue weighted by atomic mass is 9.99. The molecule has 1 aliphatic heterocycles. The number of hydrogen-bond donors (Lipinski definition) is 1. The van der Waals surface area contributed by atoms with Crippen LogP contribution in [-0.4, -0.2) is 62.1 Å². The quantitative estimate of drug-likeness (QED) is 0.428. The Labute approximate surface area is 158 Å². The predicted octanol–water partition coefficient (Wildman–Crippen LogP) is 3.01. The van der Waals surface area contributed by atoms with Crippen LogP contribution in [0.3, 0.4) is 0 Å². The Morgan fingerprint density at radius 1 is 1.30 bits per heavy atom. The number of aliphatic imine (C=N–C) groups is 1. The van der Waals surface area contributed by atoms with Crippen molar-refractivity contribution in [2.45, 2.75) is 26.2 Å². The summed E-state index contributed by atoms with van der Waals surface area (Å²) in [6.07, 6.45) is 1.21. The molecule has 1 atom stereocenters. The van der Waals surface area contributed by atoms with Gasteiger partial charge in [-0.15, -0.1) is 24.0 Å². The Bertz CT molecular complexity index is 463. The maximum absolute atomic E-state index is 4.80. The Kier molecular flexibility index (Phi) is 9.55. The molecule has 0 saturated carbocycles. The highest BCUT2D eigenvalue weighted by Gasteiger charge is 2.25. The first-order chi connectivity index (χ1) is 10.7. The van der Waals surface area contributed by atoms with E-state index in [1.54, 1.807) is 0 Å². The molecule has 0 aliphatic carbocycles. The maximum Gasteiger partial charge on any atom is 0.193 e. The molecule has 130 valence electrons. The van der Waals surface area contributed by atoms with E-state index in [0.29, 0.717) is 5.92 Å². The number of likely N-dealkylation sites (tertiary alicyclic amines) is 1. The van der Waals surface area contributed by atoms with Gasteiger partial charge >= 0.3 is 0 Å². The number of likely N-dealkylation sites (N-methyl/N-ethyl adjacent to an activating group) is 1. The zero-order chi connectivity index (χ0) is 15.8. The first-order valence-electron chi connectivity index (χ1n) is 8.51. The van der Waals surface area contributed by atoms with E-state index in [-0.39, 0.29) is 24.0 Å². The number of nitrogens with zero attached hydrogens (tertiary/aromatic N) is 3. The van der Waals surface area contributed by atoms with Gasteiger partial charge in [0.25, 0.3) is 0 Å². The van der Waals surface area contributed by atoms with Crippen molar-refractivity contribution < 1.29 is 0 Å². The number of halogens is 1. The van der Waals surface area contributed by atoms with Gasteiger partial charge in [0.1, 0.15) is 0 Å². The maximum atomic E-state index is 4.80. The van der Waals surface area contributed by atoms with Crippen LogP contribution in [0.5, 0.6) is 0 Å². The van der Waals surface area contributed by atoms with E-state index >= 15 is 0 Å². The minimum absolute atomic E-state index is 0. The van der Waals surface area contributed by atoms with Gasteiger partial charge in [0, 0.05) is 32.1 Å². The minimum Gasteiger partial charge on any atom is -0.357 e. The summed E-state index contributed by atoms with van der Waals surface area (Å²) in [4.78, 5) is 9.51. The molecule has 0 aromatic heterocycles. The molecule has 2 rings (SSSR count). The normalized spacial score (nSPS) is 18.2. The van der Waals surface area contributed by atoms with Gasteiger partial charge in [0.05, 0.1) is 6.54 Å². The van der Waals surface area contributed by atoms with E-state index < -0.39 is 0 Å². The molecule has 0 amide bonds. The number of nitrogens with one attached hydrogen (secondary N) is 1. The topological polar surface area (TPSA) is 30.9 Å². The molecule has 1 N–H and O–H groups in total. The predicted molar refractivity (Wildman–Crippen MR) is 110 cm³/mol. The molecule has 0 radical (unpaired) electrons. The number of benzene rings is 1. The third kappa shape index (κ3) is 6.30. The summed E-state index contributed by atoms with van der Waals surface area (Å²) in [5.74, 6) is 1.70. The van der Waals surface area contributed by atoms with E-state index in [0.717, 1.165) is 45.2 Å². The van der Waals surface area contributed by atoms with E-state index in [9.17, 15) is 0 Å². The molecule has 1 saturated heterocycles. The molecule has 23 heavy (non-hydrogen) atoms. The lowest BCUT2D eigenvalue weighted by molar-refractivity contribution is 0.362. The molecule has 1 aromatic carbocycles. The van der Waals surface area contributed by atoms with E-state index in [1.807, 2.05) is 0 Å². The molecule has 1 fully saturated rings. The van der Waals surface area contributed by atoms with E-state index in [4.69, 9.17) is 4.99 Å². The summed E-state index contributed by atoms with van der Waals surface area (Å²) >= 11 is 0. The Hall–Kier alpha value is -0.820. The van der Waals surface area contributed by atoms with E-state index in [2.05, 4.69) is 66.3 Å². The number of rotatable bonds is 6. The van der Waals surface area contributed by atoms with Crippen LogP contribution in [-0.2, 0) is 0 Å². The Balaban J connectivity index is 0.00000264. The zero-order valence-electron chi connectivity index (χ0n) is 14.7. The van der Waals surface area contributed by atoms with Crippen molar-refractivity contribution in [2.24, 2.45) is 4.99 Å². The zero-order valence-corrected chi connectivity index (χ0v) is 17.0. The van der Waals surface area contributed by atoms with Crippen LogP contribution in [0, 0.1) is 0 Å². The van der Waals surface area contributed by atoms with Crippen LogP contribution in [0.25, 0.3) is 0 Å². The molecular formula is C18H31IN4. The van der Waals surface area contributed by atoms with Gasteiger partial charge in [0.15, 0.2) is 5.96 Å². The fraction of sp³-hybridized carbons (Fsp3) is 0.611. The summed E-state index contributed by atoms with van der Waals surface area (Å²) in [5.41, 5.74) is 1.45. The van der Waals surface area contributed by atoms with Crippen molar-refractivity contribution in [3.8, 4) is 0 Å². The highest BCUT2D eigenvalue weighted by molar-refractivity contribution is 14.0. The van der Waals surface area contributed by atoms with Gasteiger partial charge in [-0.3, -0.25) is 4.99 Å². The van der Waals surface area contributed by atoms with Crippen LogP contribution >= 0.6 is 24.0 Å². The standard InChI is InChI=1S/C18H30N4.HI/c1-4-19-18(20-12-14-21(3)5-2)22-13-11-17(15-22)16-9-7-6-8-10-16;/h6-10,17H,4-5,11-15H2,1-3H3,(H,19,20);1H. The SMILES string of the molecule is CCNC(=NCCN(C)CC)N1CCC(c2ccccc2)C1.I. The smallest absolute Gasteiger partial charge is 0.193 e. The molecule has 5 heteroatoms. The Morgan fingerprint density at radius 2 is 2.04 bits per heavy atom. The van der Waals surface area contributed by atoms with Crippen molar-refractivity contribution in [3.63, 3.8) is 0 Å². The van der Waals surface area contributed by atoms with Gasteiger partial charge < -0.3 is 15.1 Å². The molecule has 4 nitrogen and oxygen atoms in total. The van der Waals surface area contributed by atoms with E-state index in [1.165, 1.54) is 12.0 Å². The molecule has 1 unspecified atom stereocenters. The van der Waals surface area contributed by atoms with Crippen molar-refractivity contribution >= 4 is 29.9 Å². The van der Waals surface area contributed by atoms with Crippen LogP contribution in [0.15, 0.2) is 35.3 Å². The first-order valence-corrected chi connectivity index (χ1v) is 8.51. The third-order valence-electron chi connectivity index (χ3n) is 4.38. The molecule has 1 heterocycles. The van der Waals surface area contributed by atoms with Crippen molar-refractivity contribution in [1.82, 2.24) is 15.1 Å². The summed E-state index contributed by atoms with van der Waals surface area (Å²) in [6.45, 7) is 10.4. The summed E-state index contributed by atoms with van der Waals surface area (Å²) in [7, 11) is 2.14. The Morgan fingerprint density at radius 3 is 2.70 bits per heavy atom. The van der Waals surface area contributed by atoms with Crippen molar-refractivity contribution in [2.75, 3.05) is 46.3 Å². The van der Waals surface area contributed by atoms with Crippen LogP contribution in [0.2, 0.25) is 0 Å². The highest BCUT2D eigenvalue weighted by atomic mass is 127. The van der Waals surface area contributed by atoms with Crippen molar-refractivity contribution in [3.05, 3.63) is 35.9 Å². The second-order valence-corrected chi connectivity index (χ2v) is 5.97. The summed E-state index contributed by atoms with van der Waals surface area (Å²) in [5, 5.41) is 3.45. The number of guanidine groups is 1. The van der Waals surface area contributed by atoms with Crippen LogP contribution in [0.1, 0.15) is 31.7 Å². The van der Waals surface area contributed by atoms with Crippen molar-refractivity contribution in [1.29, 1.82) is 0 Å². The monoisotopic (exact) mass is 430 g/mol. The van der Waals surface area contributed by atoms with Crippen LogP contribution in [0.4, 0.5) is 0 Å². The molecule has 1 aliphatic rings. The third-order valence-corrected chi connectivity index (χ3v) is 4.38. The minimum atomic E-state index is 0. The second kappa shape index (κ2) is 10.9. The lowest BCUT2D eigenvalue weighted by Crippen LogP contribution is -2.40. The summed E-state index contributed by atoms with van der Waals surface area (Å²) < 4.78 is 0. The molecule has 0 spiro atoms. The molecular weight excluding hydrogens is 399 g/mol. The fourth-order valence-electron chi connectivity index (χ4n) is 2.86. The van der Waals surface area contributed by atoms with Gasteiger partial charge in [-0.2, -0.15) is 0 Å². The molecule has 1 aromatic rings. The first kappa shape index (κ1) is 20.2. The average molecular weight is 430 g/mol. The lowest BCUT2D eigenvalue weighted by Gasteiger charge is -2.22. The fourth-order valence-corrected chi connectivity index (χ4v) is 2.86. The average Bonchev–Trinajstić information content (AvgIpc) is 3.04. The highest BCUT2D eigenvalue weighted by Crippen LogP contribution is 2.26. The largest absolute Gasteiger partial charge is 0.357 e. The van der Waals surface area contributed by atoms with Crippen LogP contribution < -0.4 is 5.32 Å². The second-order valence-electron chi connectivity index (χ2n) is 5.97. The van der Waals surface area contributed by atoms with Gasteiger partial charge in [-0.05, 0) is 32.5 Å². The summed E-state index contributed by atoms with van der Waals surface area (Å²) in [6, 6.07) is 10.9. The van der Waals surface area contributed by atoms with Gasteiger partial charge in [-0.25, -0.2) is 0 Å².